The summed E-state index contributed by atoms with van der Waals surface area (Å²) in [6, 6.07) is 5.58. The second-order valence-electron chi connectivity index (χ2n) is 9.33. The number of likely N-dealkylation sites (tertiary alicyclic amines) is 2. The maximum Gasteiger partial charge on any atom is 0.255 e. The summed E-state index contributed by atoms with van der Waals surface area (Å²) in [7, 11) is 1.55. The van der Waals surface area contributed by atoms with Crippen molar-refractivity contribution in [3.63, 3.8) is 0 Å². The average molecular weight is 444 g/mol. The van der Waals surface area contributed by atoms with Gasteiger partial charge >= 0.3 is 0 Å². The molecule has 2 saturated heterocycles. The summed E-state index contributed by atoms with van der Waals surface area (Å²) in [5.41, 5.74) is -0.258. The zero-order valence-electron chi connectivity index (χ0n) is 19.2. The number of methoxy groups -OCH3 is 1. The van der Waals surface area contributed by atoms with Crippen molar-refractivity contribution in [2.75, 3.05) is 26.7 Å². The maximum atomic E-state index is 13.1. The first-order valence-electron chi connectivity index (χ1n) is 11.6. The highest BCUT2D eigenvalue weighted by atomic mass is 16.5. The minimum absolute atomic E-state index is 0.0153. The molecule has 4 rings (SSSR count). The number of amides is 3. The van der Waals surface area contributed by atoms with E-state index in [-0.39, 0.29) is 42.8 Å². The van der Waals surface area contributed by atoms with Gasteiger partial charge in [-0.15, -0.1) is 0 Å². The van der Waals surface area contributed by atoms with Gasteiger partial charge in [0.2, 0.25) is 11.8 Å². The Morgan fingerprint density at radius 2 is 1.97 bits per heavy atom. The Balaban J connectivity index is 1.48. The van der Waals surface area contributed by atoms with Crippen molar-refractivity contribution in [3.8, 4) is 11.5 Å². The molecule has 3 aliphatic rings. The van der Waals surface area contributed by atoms with Gasteiger partial charge in [0.1, 0.15) is 17.1 Å². The molecule has 0 aliphatic carbocycles. The Bertz CT molecular complexity index is 894. The van der Waals surface area contributed by atoms with Crippen molar-refractivity contribution in [2.45, 2.75) is 70.1 Å². The summed E-state index contributed by atoms with van der Waals surface area (Å²) in [5.74, 6) is 0.837. The number of hydrogen-bond acceptors (Lipinski definition) is 5. The van der Waals surface area contributed by atoms with Gasteiger partial charge in [-0.05, 0) is 57.7 Å². The summed E-state index contributed by atoms with van der Waals surface area (Å²) in [6.45, 7) is 5.01. The number of carbonyl (C=O) groups excluding carboxylic acids is 3. The Kier molecular flexibility index (Phi) is 6.31. The van der Waals surface area contributed by atoms with Crippen LogP contribution in [0.2, 0.25) is 0 Å². The van der Waals surface area contributed by atoms with E-state index >= 15 is 0 Å². The Hall–Kier alpha value is -2.77. The molecule has 3 unspecified atom stereocenters. The first-order valence-corrected chi connectivity index (χ1v) is 11.6. The molecule has 174 valence electrons. The van der Waals surface area contributed by atoms with E-state index in [4.69, 9.17) is 9.47 Å². The van der Waals surface area contributed by atoms with Crippen molar-refractivity contribution >= 4 is 17.7 Å². The van der Waals surface area contributed by atoms with E-state index in [2.05, 4.69) is 19.2 Å². The van der Waals surface area contributed by atoms with E-state index in [9.17, 15) is 14.4 Å². The summed E-state index contributed by atoms with van der Waals surface area (Å²) in [6.07, 6.45) is 4.45. The standard InChI is InChI=1S/C24H33N3O5/c1-16-5-4-6-17(2)27(16)22(29)14-26-12-11-24(10-9-21(26)28)15-25-23(30)19-13-18(31-3)7-8-20(19)32-24/h7-8,13,16-17H,4-6,9-12,14-15H2,1-3H3,(H,25,30). The number of rotatable bonds is 3. The van der Waals surface area contributed by atoms with Crippen LogP contribution in [0.3, 0.4) is 0 Å². The van der Waals surface area contributed by atoms with Crippen LogP contribution >= 0.6 is 0 Å². The second-order valence-corrected chi connectivity index (χ2v) is 9.33. The molecule has 3 heterocycles. The SMILES string of the molecule is COc1ccc2c(c1)C(=O)NCC1(CCC(=O)N(CC(=O)N3C(C)CCCC3C)CC1)O2. The molecule has 0 radical (unpaired) electrons. The molecule has 0 bridgehead atoms. The van der Waals surface area contributed by atoms with Crippen LogP contribution in [0, 0.1) is 0 Å². The lowest BCUT2D eigenvalue weighted by molar-refractivity contribution is -0.144. The fourth-order valence-corrected chi connectivity index (χ4v) is 5.19. The second kappa shape index (κ2) is 9.00. The lowest BCUT2D eigenvalue weighted by Gasteiger charge is -2.40. The van der Waals surface area contributed by atoms with Gasteiger partial charge in [0.25, 0.3) is 5.91 Å². The van der Waals surface area contributed by atoms with Crippen molar-refractivity contribution in [3.05, 3.63) is 23.8 Å². The topological polar surface area (TPSA) is 88.2 Å². The third kappa shape index (κ3) is 4.40. The van der Waals surface area contributed by atoms with Gasteiger partial charge in [-0.1, -0.05) is 0 Å². The molecule has 0 saturated carbocycles. The first-order chi connectivity index (χ1) is 15.3. The van der Waals surface area contributed by atoms with Crippen LogP contribution in [-0.4, -0.2) is 72.0 Å². The van der Waals surface area contributed by atoms with E-state index in [1.54, 1.807) is 30.2 Å². The highest BCUT2D eigenvalue weighted by Crippen LogP contribution is 2.35. The maximum absolute atomic E-state index is 13.1. The van der Waals surface area contributed by atoms with Gasteiger partial charge in [0, 0.05) is 31.5 Å². The number of piperidine rings is 1. The number of carbonyl (C=O) groups is 3. The predicted octanol–water partition coefficient (Wildman–Crippen LogP) is 2.36. The monoisotopic (exact) mass is 443 g/mol. The normalized spacial score (nSPS) is 28.3. The minimum atomic E-state index is -0.686. The smallest absolute Gasteiger partial charge is 0.255 e. The quantitative estimate of drug-likeness (QED) is 0.775. The lowest BCUT2D eigenvalue weighted by Crippen LogP contribution is -2.52. The van der Waals surface area contributed by atoms with E-state index in [0.717, 1.165) is 19.3 Å². The molecule has 1 aromatic carbocycles. The number of ether oxygens (including phenoxy) is 2. The molecular formula is C24H33N3O5. The first kappa shape index (κ1) is 22.4. The van der Waals surface area contributed by atoms with Crippen LogP contribution < -0.4 is 14.8 Å². The molecule has 1 aromatic rings. The van der Waals surface area contributed by atoms with E-state index in [0.29, 0.717) is 43.0 Å². The molecule has 1 spiro atoms. The lowest BCUT2D eigenvalue weighted by atomic mass is 9.94. The summed E-state index contributed by atoms with van der Waals surface area (Å²) in [5, 5.41) is 2.95. The minimum Gasteiger partial charge on any atom is -0.497 e. The molecule has 3 aliphatic heterocycles. The fourth-order valence-electron chi connectivity index (χ4n) is 5.19. The Morgan fingerprint density at radius 3 is 2.69 bits per heavy atom. The van der Waals surface area contributed by atoms with Crippen molar-refractivity contribution in [1.82, 2.24) is 15.1 Å². The van der Waals surface area contributed by atoms with Crippen LogP contribution in [0.25, 0.3) is 0 Å². The average Bonchev–Trinajstić information content (AvgIpc) is 3.01. The summed E-state index contributed by atoms with van der Waals surface area (Å²) < 4.78 is 11.6. The largest absolute Gasteiger partial charge is 0.497 e. The molecule has 3 amide bonds. The van der Waals surface area contributed by atoms with Crippen LogP contribution in [0.5, 0.6) is 11.5 Å². The van der Waals surface area contributed by atoms with Gasteiger partial charge in [-0.2, -0.15) is 0 Å². The highest BCUT2D eigenvalue weighted by molar-refractivity contribution is 5.97. The van der Waals surface area contributed by atoms with Crippen molar-refractivity contribution < 1.29 is 23.9 Å². The van der Waals surface area contributed by atoms with Gasteiger partial charge in [-0.25, -0.2) is 0 Å². The van der Waals surface area contributed by atoms with Crippen LogP contribution in [0.4, 0.5) is 0 Å². The van der Waals surface area contributed by atoms with Crippen LogP contribution in [0.1, 0.15) is 62.7 Å². The molecule has 8 heteroatoms. The van der Waals surface area contributed by atoms with Gasteiger partial charge in [0.15, 0.2) is 0 Å². The van der Waals surface area contributed by atoms with E-state index in [1.807, 2.05) is 4.90 Å². The number of nitrogens with zero attached hydrogens (tertiary/aromatic N) is 2. The molecule has 8 nitrogen and oxygen atoms in total. The zero-order valence-corrected chi connectivity index (χ0v) is 19.2. The fraction of sp³-hybridized carbons (Fsp3) is 0.625. The van der Waals surface area contributed by atoms with Gasteiger partial charge in [0.05, 0.1) is 25.8 Å². The molecule has 0 aromatic heterocycles. The number of benzene rings is 1. The molecule has 32 heavy (non-hydrogen) atoms. The predicted molar refractivity (Wildman–Crippen MR) is 119 cm³/mol. The summed E-state index contributed by atoms with van der Waals surface area (Å²) >= 11 is 0. The van der Waals surface area contributed by atoms with Crippen LogP contribution in [0.15, 0.2) is 18.2 Å². The van der Waals surface area contributed by atoms with E-state index < -0.39 is 5.60 Å². The summed E-state index contributed by atoms with van der Waals surface area (Å²) in [4.78, 5) is 42.2. The third-order valence-electron chi connectivity index (χ3n) is 7.12. The Morgan fingerprint density at radius 1 is 1.22 bits per heavy atom. The molecule has 1 N–H and O–H groups in total. The molecule has 2 fully saturated rings. The van der Waals surface area contributed by atoms with Crippen molar-refractivity contribution in [2.24, 2.45) is 0 Å². The third-order valence-corrected chi connectivity index (χ3v) is 7.12. The highest BCUT2D eigenvalue weighted by Gasteiger charge is 2.41. The van der Waals surface area contributed by atoms with Gasteiger partial charge in [-0.3, -0.25) is 14.4 Å². The molecule has 3 atom stereocenters. The number of fused-ring (bicyclic) bond motifs is 1. The van der Waals surface area contributed by atoms with Crippen molar-refractivity contribution in [1.29, 1.82) is 0 Å². The number of hydrogen-bond donors (Lipinski definition) is 1. The van der Waals surface area contributed by atoms with Gasteiger partial charge < -0.3 is 24.6 Å². The number of nitrogens with one attached hydrogen (secondary N) is 1. The van der Waals surface area contributed by atoms with E-state index in [1.165, 1.54) is 0 Å². The zero-order chi connectivity index (χ0) is 22.9. The molecular weight excluding hydrogens is 410 g/mol. The van der Waals surface area contributed by atoms with Crippen LogP contribution in [-0.2, 0) is 9.59 Å². The Labute approximate surface area is 189 Å².